The molecule has 2 aromatic heterocycles. The van der Waals surface area contributed by atoms with Crippen molar-refractivity contribution < 1.29 is 8.78 Å². The topological polar surface area (TPSA) is 83.5 Å². The second kappa shape index (κ2) is 5.92. The summed E-state index contributed by atoms with van der Waals surface area (Å²) in [6, 6.07) is 9.41. The third-order valence-corrected chi connectivity index (χ3v) is 4.06. The maximum atomic E-state index is 14.3. The largest absolute Gasteiger partial charge is 0.327 e. The third kappa shape index (κ3) is 2.60. The van der Waals surface area contributed by atoms with E-state index in [4.69, 9.17) is 11.6 Å². The van der Waals surface area contributed by atoms with Gasteiger partial charge in [0.05, 0.1) is 5.56 Å². The number of imidazole rings is 1. The molecule has 9 heteroatoms. The monoisotopic (exact) mass is 374 g/mol. The standard InChI is InChI=1S/C17H9ClF2N4O2/c18-8-1-4-10(5-2-8)24-13-14(22-17(26)23-16(13)25)21-15(24)11-6-3-9(19)7-12(11)20/h1-7H,(H2,22,23,25,26). The van der Waals surface area contributed by atoms with Crippen molar-refractivity contribution in [3.05, 3.63) is 80.0 Å². The minimum Gasteiger partial charge on any atom is -0.290 e. The zero-order valence-corrected chi connectivity index (χ0v) is 13.6. The van der Waals surface area contributed by atoms with E-state index in [1.807, 2.05) is 0 Å². The van der Waals surface area contributed by atoms with Crippen LogP contribution in [0.1, 0.15) is 0 Å². The highest BCUT2D eigenvalue weighted by Crippen LogP contribution is 2.28. The van der Waals surface area contributed by atoms with Crippen LogP contribution in [0, 0.1) is 11.6 Å². The van der Waals surface area contributed by atoms with Crippen molar-refractivity contribution in [3.63, 3.8) is 0 Å². The molecule has 0 aliphatic rings. The molecule has 2 heterocycles. The van der Waals surface area contributed by atoms with Crippen LogP contribution in [-0.4, -0.2) is 19.5 Å². The fourth-order valence-electron chi connectivity index (χ4n) is 2.71. The highest BCUT2D eigenvalue weighted by molar-refractivity contribution is 6.30. The van der Waals surface area contributed by atoms with Gasteiger partial charge in [-0.2, -0.15) is 0 Å². The van der Waals surface area contributed by atoms with Gasteiger partial charge in [0.15, 0.2) is 17.0 Å². The molecule has 0 aliphatic carbocycles. The first-order valence-corrected chi connectivity index (χ1v) is 7.78. The predicted octanol–water partition coefficient (Wildman–Crippen LogP) is 3.00. The minimum atomic E-state index is -0.853. The zero-order chi connectivity index (χ0) is 18.4. The maximum Gasteiger partial charge on any atom is 0.327 e. The van der Waals surface area contributed by atoms with Crippen molar-refractivity contribution >= 4 is 22.8 Å². The summed E-state index contributed by atoms with van der Waals surface area (Å²) >= 11 is 5.90. The Balaban J connectivity index is 2.14. The molecular weight excluding hydrogens is 366 g/mol. The SMILES string of the molecule is O=c1[nH]c(=O)c2c(nc(-c3ccc(F)cc3F)n2-c2ccc(Cl)cc2)[nH]1. The number of aromatic nitrogens is 4. The first-order chi connectivity index (χ1) is 12.4. The Morgan fingerprint density at radius 1 is 1.00 bits per heavy atom. The molecule has 0 saturated carbocycles. The summed E-state index contributed by atoms with van der Waals surface area (Å²) in [4.78, 5) is 32.6. The van der Waals surface area contributed by atoms with Crippen molar-refractivity contribution in [1.29, 1.82) is 0 Å². The van der Waals surface area contributed by atoms with E-state index in [9.17, 15) is 18.4 Å². The second-order valence-electron chi connectivity index (χ2n) is 5.48. The molecule has 0 radical (unpaired) electrons. The van der Waals surface area contributed by atoms with Crippen molar-refractivity contribution in [3.8, 4) is 17.1 Å². The first-order valence-electron chi connectivity index (χ1n) is 7.40. The normalized spacial score (nSPS) is 11.2. The summed E-state index contributed by atoms with van der Waals surface area (Å²) in [5.41, 5.74) is -1.00. The smallest absolute Gasteiger partial charge is 0.290 e. The Morgan fingerprint density at radius 2 is 1.73 bits per heavy atom. The highest BCUT2D eigenvalue weighted by Gasteiger charge is 2.20. The quantitative estimate of drug-likeness (QED) is 0.565. The second-order valence-corrected chi connectivity index (χ2v) is 5.91. The maximum absolute atomic E-state index is 14.3. The number of hydrogen-bond acceptors (Lipinski definition) is 3. The lowest BCUT2D eigenvalue weighted by atomic mass is 10.2. The van der Waals surface area contributed by atoms with Crippen LogP contribution >= 0.6 is 11.6 Å². The average Bonchev–Trinajstić information content (AvgIpc) is 2.94. The van der Waals surface area contributed by atoms with Crippen LogP contribution in [-0.2, 0) is 0 Å². The molecule has 0 saturated heterocycles. The lowest BCUT2D eigenvalue weighted by molar-refractivity contribution is 0.585. The van der Waals surface area contributed by atoms with Gasteiger partial charge in [-0.3, -0.25) is 19.3 Å². The average molecular weight is 375 g/mol. The number of benzene rings is 2. The fraction of sp³-hybridized carbons (Fsp3) is 0. The number of H-pyrrole nitrogens is 2. The number of rotatable bonds is 2. The molecule has 0 spiro atoms. The van der Waals surface area contributed by atoms with Crippen molar-refractivity contribution in [1.82, 2.24) is 19.5 Å². The number of hydrogen-bond donors (Lipinski definition) is 2. The summed E-state index contributed by atoms with van der Waals surface area (Å²) in [5.74, 6) is -1.56. The molecule has 0 unspecified atom stereocenters. The van der Waals surface area contributed by atoms with Crippen LogP contribution < -0.4 is 11.2 Å². The molecule has 0 aliphatic heterocycles. The van der Waals surface area contributed by atoms with Crippen LogP contribution in [0.15, 0.2) is 52.1 Å². The number of fused-ring (bicyclic) bond motifs is 1. The summed E-state index contributed by atoms with van der Waals surface area (Å²) < 4.78 is 29.0. The molecule has 130 valence electrons. The van der Waals surface area contributed by atoms with Crippen LogP contribution in [0.25, 0.3) is 28.2 Å². The van der Waals surface area contributed by atoms with E-state index in [-0.39, 0.29) is 22.6 Å². The molecule has 4 aromatic rings. The van der Waals surface area contributed by atoms with E-state index in [1.54, 1.807) is 24.3 Å². The third-order valence-electron chi connectivity index (χ3n) is 3.81. The Kier molecular flexibility index (Phi) is 3.69. The van der Waals surface area contributed by atoms with Gasteiger partial charge in [0.2, 0.25) is 0 Å². The molecule has 2 aromatic carbocycles. The van der Waals surface area contributed by atoms with Gasteiger partial charge in [-0.1, -0.05) is 11.6 Å². The van der Waals surface area contributed by atoms with E-state index in [0.29, 0.717) is 16.8 Å². The van der Waals surface area contributed by atoms with E-state index in [1.165, 1.54) is 10.6 Å². The van der Waals surface area contributed by atoms with Crippen LogP contribution in [0.2, 0.25) is 5.02 Å². The number of nitrogens with zero attached hydrogens (tertiary/aromatic N) is 2. The Bertz CT molecular complexity index is 1260. The van der Waals surface area contributed by atoms with Crippen LogP contribution in [0.3, 0.4) is 0 Å². The molecule has 0 atom stereocenters. The lowest BCUT2D eigenvalue weighted by Gasteiger charge is -2.09. The number of nitrogens with one attached hydrogen (secondary N) is 2. The van der Waals surface area contributed by atoms with E-state index >= 15 is 0 Å². The minimum absolute atomic E-state index is 0.0191. The zero-order valence-electron chi connectivity index (χ0n) is 12.9. The molecule has 0 bridgehead atoms. The lowest BCUT2D eigenvalue weighted by Crippen LogP contribution is -2.23. The molecule has 26 heavy (non-hydrogen) atoms. The van der Waals surface area contributed by atoms with Gasteiger partial charge in [-0.05, 0) is 36.4 Å². The first kappa shape index (κ1) is 16.2. The molecule has 0 amide bonds. The summed E-state index contributed by atoms with van der Waals surface area (Å²) in [6.07, 6.45) is 0. The van der Waals surface area contributed by atoms with Gasteiger partial charge in [-0.25, -0.2) is 18.6 Å². The highest BCUT2D eigenvalue weighted by atomic mass is 35.5. The summed E-state index contributed by atoms with van der Waals surface area (Å²) in [6.45, 7) is 0. The molecule has 0 fully saturated rings. The molecule has 2 N–H and O–H groups in total. The van der Waals surface area contributed by atoms with Crippen molar-refractivity contribution in [2.75, 3.05) is 0 Å². The van der Waals surface area contributed by atoms with Crippen LogP contribution in [0.5, 0.6) is 0 Å². The fourth-order valence-corrected chi connectivity index (χ4v) is 2.84. The van der Waals surface area contributed by atoms with E-state index < -0.39 is 22.9 Å². The molecular formula is C17H9ClF2N4O2. The van der Waals surface area contributed by atoms with E-state index in [2.05, 4.69) is 15.0 Å². The summed E-state index contributed by atoms with van der Waals surface area (Å²) in [5, 5.41) is 0.468. The predicted molar refractivity (Wildman–Crippen MR) is 92.7 cm³/mol. The van der Waals surface area contributed by atoms with Gasteiger partial charge >= 0.3 is 5.69 Å². The Morgan fingerprint density at radius 3 is 2.42 bits per heavy atom. The van der Waals surface area contributed by atoms with Gasteiger partial charge in [0.25, 0.3) is 5.56 Å². The number of halogens is 3. The van der Waals surface area contributed by atoms with Crippen LogP contribution in [0.4, 0.5) is 8.78 Å². The van der Waals surface area contributed by atoms with Gasteiger partial charge in [0, 0.05) is 16.8 Å². The van der Waals surface area contributed by atoms with Gasteiger partial charge in [-0.15, -0.1) is 0 Å². The summed E-state index contributed by atoms with van der Waals surface area (Å²) in [7, 11) is 0. The molecule has 4 rings (SSSR count). The van der Waals surface area contributed by atoms with E-state index in [0.717, 1.165) is 6.07 Å². The van der Waals surface area contributed by atoms with Crippen molar-refractivity contribution in [2.24, 2.45) is 0 Å². The van der Waals surface area contributed by atoms with Gasteiger partial charge in [0.1, 0.15) is 11.6 Å². The Hall–Kier alpha value is -3.26. The Labute approximate surface area is 148 Å². The molecule has 6 nitrogen and oxygen atoms in total. The van der Waals surface area contributed by atoms with Crippen molar-refractivity contribution in [2.45, 2.75) is 0 Å². The number of aromatic amines is 2. The van der Waals surface area contributed by atoms with Gasteiger partial charge < -0.3 is 0 Å².